The van der Waals surface area contributed by atoms with Crippen LogP contribution in [0.25, 0.3) is 0 Å². The fraction of sp³-hybridized carbons (Fsp3) is 1.00. The number of nitrogens with zero attached hydrogens (tertiary/aromatic N) is 1. The topological polar surface area (TPSA) is 15.3 Å². The lowest BCUT2D eigenvalue weighted by atomic mass is 10.1. The Labute approximate surface area is 103 Å². The van der Waals surface area contributed by atoms with Crippen molar-refractivity contribution in [2.45, 2.75) is 54.0 Å². The van der Waals surface area contributed by atoms with Gasteiger partial charge >= 0.3 is 0 Å². The van der Waals surface area contributed by atoms with Crippen molar-refractivity contribution in [3.05, 3.63) is 0 Å². The zero-order chi connectivity index (χ0) is 12.8. The van der Waals surface area contributed by atoms with Crippen LogP contribution in [0.3, 0.4) is 0 Å². The molecule has 0 aromatic rings. The molecule has 0 atom stereocenters. The summed E-state index contributed by atoms with van der Waals surface area (Å²) in [7, 11) is 0. The molecule has 0 spiro atoms. The zero-order valence-corrected chi connectivity index (χ0v) is 12.4. The molecule has 98 valence electrons. The first-order valence-electron chi connectivity index (χ1n) is 6.68. The summed E-state index contributed by atoms with van der Waals surface area (Å²) in [5, 5.41) is 3.56. The lowest BCUT2D eigenvalue weighted by Crippen LogP contribution is -2.43. The Balaban J connectivity index is 3.92. The second-order valence-corrected chi connectivity index (χ2v) is 6.72. The van der Waals surface area contributed by atoms with Crippen LogP contribution in [0.1, 0.15) is 48.5 Å². The van der Waals surface area contributed by atoms with Gasteiger partial charge in [0.1, 0.15) is 0 Å². The van der Waals surface area contributed by atoms with Crippen LogP contribution >= 0.6 is 0 Å². The van der Waals surface area contributed by atoms with Gasteiger partial charge in [0.25, 0.3) is 0 Å². The summed E-state index contributed by atoms with van der Waals surface area (Å²) < 4.78 is 0. The van der Waals surface area contributed by atoms with Gasteiger partial charge in [-0.3, -0.25) is 0 Å². The predicted octanol–water partition coefficient (Wildman–Crippen LogP) is 2.99. The van der Waals surface area contributed by atoms with Crippen molar-refractivity contribution in [3.63, 3.8) is 0 Å². The van der Waals surface area contributed by atoms with Crippen LogP contribution in [-0.2, 0) is 0 Å². The SMILES string of the molecule is CC(C)CN(CCNC(C)(C)C)CC(C)C. The highest BCUT2D eigenvalue weighted by Gasteiger charge is 2.12. The number of nitrogens with one attached hydrogen (secondary N) is 1. The summed E-state index contributed by atoms with van der Waals surface area (Å²) in [6.07, 6.45) is 0. The first kappa shape index (κ1) is 15.9. The highest BCUT2D eigenvalue weighted by atomic mass is 15.1. The van der Waals surface area contributed by atoms with E-state index in [2.05, 4.69) is 58.7 Å². The van der Waals surface area contributed by atoms with Crippen LogP contribution in [0.5, 0.6) is 0 Å². The van der Waals surface area contributed by atoms with E-state index in [4.69, 9.17) is 0 Å². The molecule has 0 heterocycles. The summed E-state index contributed by atoms with van der Waals surface area (Å²) in [5.41, 5.74) is 0.237. The van der Waals surface area contributed by atoms with Crippen LogP contribution < -0.4 is 5.32 Å². The smallest absolute Gasteiger partial charge is 0.0107 e. The third kappa shape index (κ3) is 10.4. The zero-order valence-electron chi connectivity index (χ0n) is 12.4. The van der Waals surface area contributed by atoms with Gasteiger partial charge in [0.15, 0.2) is 0 Å². The highest BCUT2D eigenvalue weighted by Crippen LogP contribution is 2.04. The highest BCUT2D eigenvalue weighted by molar-refractivity contribution is 4.72. The Morgan fingerprint density at radius 3 is 1.69 bits per heavy atom. The van der Waals surface area contributed by atoms with Crippen LogP contribution in [0, 0.1) is 11.8 Å². The van der Waals surface area contributed by atoms with Gasteiger partial charge in [0.2, 0.25) is 0 Å². The van der Waals surface area contributed by atoms with E-state index >= 15 is 0 Å². The molecule has 0 rings (SSSR count). The minimum Gasteiger partial charge on any atom is -0.311 e. The molecular weight excluding hydrogens is 196 g/mol. The molecule has 0 aliphatic heterocycles. The van der Waals surface area contributed by atoms with Gasteiger partial charge in [-0.05, 0) is 32.6 Å². The maximum absolute atomic E-state index is 3.56. The third-order valence-corrected chi connectivity index (χ3v) is 2.33. The molecule has 2 nitrogen and oxygen atoms in total. The van der Waals surface area contributed by atoms with Gasteiger partial charge in [0, 0.05) is 31.7 Å². The quantitative estimate of drug-likeness (QED) is 0.720. The van der Waals surface area contributed by atoms with Crippen molar-refractivity contribution in [1.82, 2.24) is 10.2 Å². The fourth-order valence-electron chi connectivity index (χ4n) is 1.88. The molecule has 0 unspecified atom stereocenters. The fourth-order valence-corrected chi connectivity index (χ4v) is 1.88. The number of rotatable bonds is 7. The summed E-state index contributed by atoms with van der Waals surface area (Å²) in [6.45, 7) is 20.5. The second-order valence-electron chi connectivity index (χ2n) is 6.72. The minimum absolute atomic E-state index is 0.237. The van der Waals surface area contributed by atoms with E-state index in [0.717, 1.165) is 24.9 Å². The summed E-state index contributed by atoms with van der Waals surface area (Å²) >= 11 is 0. The Kier molecular flexibility index (Phi) is 7.25. The molecule has 0 aromatic carbocycles. The lowest BCUT2D eigenvalue weighted by Gasteiger charge is -2.28. The number of hydrogen-bond donors (Lipinski definition) is 1. The van der Waals surface area contributed by atoms with E-state index in [1.54, 1.807) is 0 Å². The molecule has 0 amide bonds. The molecule has 0 fully saturated rings. The van der Waals surface area contributed by atoms with Crippen molar-refractivity contribution in [3.8, 4) is 0 Å². The average molecular weight is 228 g/mol. The largest absolute Gasteiger partial charge is 0.311 e. The van der Waals surface area contributed by atoms with Gasteiger partial charge in [-0.1, -0.05) is 27.7 Å². The van der Waals surface area contributed by atoms with Crippen LogP contribution in [-0.4, -0.2) is 36.6 Å². The van der Waals surface area contributed by atoms with Gasteiger partial charge in [-0.2, -0.15) is 0 Å². The molecular formula is C14H32N2. The monoisotopic (exact) mass is 228 g/mol. The lowest BCUT2D eigenvalue weighted by molar-refractivity contribution is 0.213. The van der Waals surface area contributed by atoms with Crippen LogP contribution in [0.15, 0.2) is 0 Å². The summed E-state index contributed by atoms with van der Waals surface area (Å²) in [6, 6.07) is 0. The molecule has 0 radical (unpaired) electrons. The summed E-state index contributed by atoms with van der Waals surface area (Å²) in [5.74, 6) is 1.52. The van der Waals surface area contributed by atoms with Crippen LogP contribution in [0.4, 0.5) is 0 Å². The van der Waals surface area contributed by atoms with E-state index in [1.165, 1.54) is 13.1 Å². The van der Waals surface area contributed by atoms with Gasteiger partial charge in [-0.25, -0.2) is 0 Å². The van der Waals surface area contributed by atoms with Crippen LogP contribution in [0.2, 0.25) is 0 Å². The summed E-state index contributed by atoms with van der Waals surface area (Å²) in [4.78, 5) is 2.58. The molecule has 0 aliphatic rings. The maximum atomic E-state index is 3.56. The van der Waals surface area contributed by atoms with Crippen molar-refractivity contribution in [1.29, 1.82) is 0 Å². The molecule has 0 bridgehead atoms. The van der Waals surface area contributed by atoms with E-state index in [9.17, 15) is 0 Å². The van der Waals surface area contributed by atoms with Gasteiger partial charge in [-0.15, -0.1) is 0 Å². The standard InChI is InChI=1S/C14H32N2/c1-12(2)10-16(11-13(3)4)9-8-15-14(5,6)7/h12-13,15H,8-11H2,1-7H3. The van der Waals surface area contributed by atoms with Crippen molar-refractivity contribution >= 4 is 0 Å². The van der Waals surface area contributed by atoms with Crippen molar-refractivity contribution < 1.29 is 0 Å². The molecule has 0 aliphatic carbocycles. The van der Waals surface area contributed by atoms with E-state index in [-0.39, 0.29) is 5.54 Å². The maximum Gasteiger partial charge on any atom is 0.0107 e. The van der Waals surface area contributed by atoms with Crippen molar-refractivity contribution in [2.24, 2.45) is 11.8 Å². The average Bonchev–Trinajstić information content (AvgIpc) is 1.98. The minimum atomic E-state index is 0.237. The Hall–Kier alpha value is -0.0800. The molecule has 2 heteroatoms. The van der Waals surface area contributed by atoms with Gasteiger partial charge < -0.3 is 10.2 Å². The van der Waals surface area contributed by atoms with Crippen molar-refractivity contribution in [2.75, 3.05) is 26.2 Å². The normalized spacial score (nSPS) is 13.1. The van der Waals surface area contributed by atoms with E-state index in [0.29, 0.717) is 0 Å². The first-order valence-corrected chi connectivity index (χ1v) is 6.68. The Morgan fingerprint density at radius 2 is 1.38 bits per heavy atom. The Morgan fingerprint density at radius 1 is 0.938 bits per heavy atom. The third-order valence-electron chi connectivity index (χ3n) is 2.33. The Bertz CT molecular complexity index is 158. The first-order chi connectivity index (χ1) is 7.20. The molecule has 16 heavy (non-hydrogen) atoms. The van der Waals surface area contributed by atoms with Gasteiger partial charge in [0.05, 0.1) is 0 Å². The van der Waals surface area contributed by atoms with E-state index < -0.39 is 0 Å². The predicted molar refractivity (Wildman–Crippen MR) is 73.9 cm³/mol. The molecule has 1 N–H and O–H groups in total. The molecule has 0 saturated heterocycles. The van der Waals surface area contributed by atoms with E-state index in [1.807, 2.05) is 0 Å². The number of hydrogen-bond acceptors (Lipinski definition) is 2. The molecule has 0 saturated carbocycles. The second kappa shape index (κ2) is 7.29. The molecule has 0 aromatic heterocycles.